The predicted octanol–water partition coefficient (Wildman–Crippen LogP) is 4.46. The number of amides is 4. The number of likely N-dealkylation sites (N-methyl/N-ethyl adjacent to an activating group) is 1. The molecule has 14 heteroatoms. The zero-order valence-corrected chi connectivity index (χ0v) is 27.6. The summed E-state index contributed by atoms with van der Waals surface area (Å²) in [5.74, 6) is -1.62. The zero-order valence-electron chi connectivity index (χ0n) is 24.6. The van der Waals surface area contributed by atoms with Crippen LogP contribution in [0.3, 0.4) is 0 Å². The Morgan fingerprint density at radius 3 is 2.34 bits per heavy atom. The van der Waals surface area contributed by atoms with Crippen molar-refractivity contribution in [2.75, 3.05) is 26.7 Å². The van der Waals surface area contributed by atoms with E-state index in [1.54, 1.807) is 0 Å². The Balaban J connectivity index is 0.000000505. The summed E-state index contributed by atoms with van der Waals surface area (Å²) in [7, 11) is 1.49. The molecule has 0 spiro atoms. The molecule has 0 aliphatic heterocycles. The smallest absolute Gasteiger partial charge is 0.407 e. The number of alkyl halides is 3. The first kappa shape index (κ1) is 37.1. The number of aryl methyl sites for hydroxylation is 1. The minimum atomic E-state index is -1.70. The minimum absolute atomic E-state index is 0.242. The van der Waals surface area contributed by atoms with Crippen molar-refractivity contribution in [3.63, 3.8) is 0 Å². The van der Waals surface area contributed by atoms with Crippen molar-refractivity contribution in [2.24, 2.45) is 11.5 Å². The van der Waals surface area contributed by atoms with Gasteiger partial charge < -0.3 is 31.7 Å². The fourth-order valence-corrected chi connectivity index (χ4v) is 4.97. The van der Waals surface area contributed by atoms with Gasteiger partial charge in [-0.2, -0.15) is 0 Å². The Morgan fingerprint density at radius 1 is 1.02 bits per heavy atom. The summed E-state index contributed by atoms with van der Waals surface area (Å²) in [6.45, 7) is 1.72. The number of rotatable bonds is 13. The number of thiophene rings is 1. The van der Waals surface area contributed by atoms with E-state index in [2.05, 4.69) is 60.0 Å². The molecular weight excluding hydrogens is 649 g/mol. The monoisotopic (exact) mass is 685 g/mol. The number of carbonyl (C=O) groups excluding carboxylic acids is 4. The highest BCUT2D eigenvalue weighted by atomic mass is 35.6. The van der Waals surface area contributed by atoms with Crippen molar-refractivity contribution in [3.8, 4) is 0 Å². The normalized spacial score (nSPS) is 12.3. The lowest BCUT2D eigenvalue weighted by molar-refractivity contribution is -0.139. The van der Waals surface area contributed by atoms with Gasteiger partial charge >= 0.3 is 6.09 Å². The topological polar surface area (TPSA) is 157 Å². The predicted molar refractivity (Wildman–Crippen MR) is 177 cm³/mol. The number of nitrogens with one attached hydrogen (secondary N) is 2. The molecule has 0 aliphatic carbocycles. The highest BCUT2D eigenvalue weighted by Crippen LogP contribution is 2.25. The van der Waals surface area contributed by atoms with Crippen LogP contribution in [0.15, 0.2) is 60.0 Å². The number of nitrogens with two attached hydrogens (primary N) is 2. The van der Waals surface area contributed by atoms with Gasteiger partial charge in [0.25, 0.3) is 0 Å². The number of alkyl carbamates (subject to hydrolysis) is 1. The maximum absolute atomic E-state index is 12.9. The highest BCUT2D eigenvalue weighted by Gasteiger charge is 2.30. The molecule has 4 amide bonds. The molecule has 3 rings (SSSR count). The van der Waals surface area contributed by atoms with Crippen LogP contribution in [-0.2, 0) is 25.5 Å². The van der Waals surface area contributed by atoms with Gasteiger partial charge in [-0.05, 0) is 48.4 Å². The summed E-state index contributed by atoms with van der Waals surface area (Å²) in [5, 5.41) is 9.61. The van der Waals surface area contributed by atoms with Crippen molar-refractivity contribution in [1.29, 1.82) is 0 Å². The number of benzene rings is 2. The van der Waals surface area contributed by atoms with Crippen LogP contribution in [0.25, 0.3) is 10.8 Å². The number of nitrogens with zero attached hydrogens (tertiary/aromatic N) is 1. The lowest BCUT2D eigenvalue weighted by atomic mass is 10.1. The number of unbranched alkanes of at least 4 members (excludes halogenated alkanes) is 1. The molecule has 2 unspecified atom stereocenters. The number of primary amides is 1. The lowest BCUT2D eigenvalue weighted by Gasteiger charge is -2.28. The molecule has 10 nitrogen and oxygen atoms in total. The maximum atomic E-state index is 12.9. The van der Waals surface area contributed by atoms with Crippen LogP contribution in [0.1, 0.15) is 29.7 Å². The summed E-state index contributed by atoms with van der Waals surface area (Å²) in [4.78, 5) is 50.5. The summed E-state index contributed by atoms with van der Waals surface area (Å²) in [6.07, 6.45) is 0.715. The SMILES string of the molecule is CN(C(=O)CN)C(Cc1cccs1)C(=O)NC(CCCCNC(=O)OCC(Cl)(Cl)Cl)C(N)=O.Cc1ccc2ccccc2c1. The number of halogens is 3. The van der Waals surface area contributed by atoms with Crippen LogP contribution in [-0.4, -0.2) is 71.3 Å². The Morgan fingerprint density at radius 2 is 1.73 bits per heavy atom. The number of hydrogen-bond acceptors (Lipinski definition) is 7. The van der Waals surface area contributed by atoms with Crippen molar-refractivity contribution in [1.82, 2.24) is 15.5 Å². The molecule has 0 saturated heterocycles. The second-order valence-electron chi connectivity index (χ2n) is 9.94. The van der Waals surface area contributed by atoms with Crippen LogP contribution in [0.5, 0.6) is 0 Å². The first-order chi connectivity index (χ1) is 20.8. The third kappa shape index (κ3) is 13.7. The molecule has 0 saturated carbocycles. The summed E-state index contributed by atoms with van der Waals surface area (Å²) in [5.41, 5.74) is 12.2. The molecule has 1 aromatic heterocycles. The van der Waals surface area contributed by atoms with Crippen LogP contribution in [0.2, 0.25) is 0 Å². The van der Waals surface area contributed by atoms with E-state index in [1.165, 1.54) is 39.6 Å². The third-order valence-electron chi connectivity index (χ3n) is 6.43. The van der Waals surface area contributed by atoms with E-state index in [4.69, 9.17) is 51.0 Å². The number of fused-ring (bicyclic) bond motifs is 1. The molecule has 0 aliphatic rings. The second kappa shape index (κ2) is 18.7. The van der Waals surface area contributed by atoms with Gasteiger partial charge in [0.2, 0.25) is 21.5 Å². The second-order valence-corrected chi connectivity index (χ2v) is 13.5. The molecule has 240 valence electrons. The number of carbonyl (C=O) groups is 4. The largest absolute Gasteiger partial charge is 0.445 e. The van der Waals surface area contributed by atoms with Crippen molar-refractivity contribution in [3.05, 3.63) is 70.4 Å². The van der Waals surface area contributed by atoms with Gasteiger partial charge in [-0.15, -0.1) is 11.3 Å². The molecule has 6 N–H and O–H groups in total. The van der Waals surface area contributed by atoms with Gasteiger partial charge in [-0.3, -0.25) is 14.4 Å². The van der Waals surface area contributed by atoms with Crippen LogP contribution in [0, 0.1) is 6.92 Å². The van der Waals surface area contributed by atoms with Crippen molar-refractivity contribution >= 4 is 80.7 Å². The molecule has 0 bridgehead atoms. The Hall–Kier alpha value is -3.09. The van der Waals surface area contributed by atoms with Gasteiger partial charge in [0.05, 0.1) is 6.54 Å². The number of hydrogen-bond donors (Lipinski definition) is 4. The Bertz CT molecular complexity index is 1370. The lowest BCUT2D eigenvalue weighted by Crippen LogP contribution is -2.54. The average Bonchev–Trinajstić information content (AvgIpc) is 3.50. The molecule has 2 aromatic carbocycles. The minimum Gasteiger partial charge on any atom is -0.445 e. The van der Waals surface area contributed by atoms with E-state index in [1.807, 2.05) is 17.5 Å². The molecule has 44 heavy (non-hydrogen) atoms. The maximum Gasteiger partial charge on any atom is 0.407 e. The van der Waals surface area contributed by atoms with E-state index in [0.717, 1.165) is 4.88 Å². The van der Waals surface area contributed by atoms with Gasteiger partial charge in [-0.1, -0.05) is 88.9 Å². The fraction of sp³-hybridized carbons (Fsp3) is 0.400. The van der Waals surface area contributed by atoms with E-state index in [-0.39, 0.29) is 25.9 Å². The summed E-state index contributed by atoms with van der Waals surface area (Å²) < 4.78 is 3.03. The zero-order chi connectivity index (χ0) is 32.7. The molecule has 0 fully saturated rings. The molecular formula is C30H38Cl3N5O5S. The average molecular weight is 687 g/mol. The van der Waals surface area contributed by atoms with E-state index >= 15 is 0 Å². The van der Waals surface area contributed by atoms with Crippen molar-refractivity contribution < 1.29 is 23.9 Å². The number of ether oxygens (including phenoxy) is 1. The van der Waals surface area contributed by atoms with Gasteiger partial charge in [-0.25, -0.2) is 4.79 Å². The van der Waals surface area contributed by atoms with Crippen molar-refractivity contribution in [2.45, 2.75) is 48.5 Å². The first-order valence-electron chi connectivity index (χ1n) is 13.8. The van der Waals surface area contributed by atoms with Gasteiger partial charge in [0.15, 0.2) is 0 Å². The standard InChI is InChI=1S/C19H28Cl3N5O5S.C11H10/c1-27(15(28)10-23)14(9-12-5-4-8-33-12)17(30)26-13(16(24)29)6-2-3-7-25-18(31)32-11-19(20,21)22;1-9-6-7-10-4-2-3-5-11(10)8-9/h4-5,8,13-14H,2-3,6-7,9-11,23H2,1H3,(H2,24,29)(H,25,31)(H,26,30);2-8H,1H3. The van der Waals surface area contributed by atoms with Crippen LogP contribution < -0.4 is 22.1 Å². The van der Waals surface area contributed by atoms with E-state index in [9.17, 15) is 19.2 Å². The fourth-order valence-electron chi connectivity index (χ4n) is 4.07. The highest BCUT2D eigenvalue weighted by molar-refractivity contribution is 7.09. The van der Waals surface area contributed by atoms with Crippen LogP contribution in [0.4, 0.5) is 4.79 Å². The quantitative estimate of drug-likeness (QED) is 0.154. The van der Waals surface area contributed by atoms with E-state index in [0.29, 0.717) is 12.8 Å². The molecule has 3 aromatic rings. The summed E-state index contributed by atoms with van der Waals surface area (Å²) >= 11 is 17.9. The molecule has 1 heterocycles. The van der Waals surface area contributed by atoms with Gasteiger partial charge in [0, 0.05) is 24.9 Å². The first-order valence-corrected chi connectivity index (χ1v) is 15.8. The Labute approximate surface area is 276 Å². The third-order valence-corrected chi connectivity index (χ3v) is 7.66. The van der Waals surface area contributed by atoms with E-state index < -0.39 is 46.3 Å². The van der Waals surface area contributed by atoms with Crippen LogP contribution >= 0.6 is 46.1 Å². The Kier molecular flexibility index (Phi) is 15.7. The van der Waals surface area contributed by atoms with Gasteiger partial charge in [0.1, 0.15) is 18.7 Å². The summed E-state index contributed by atoms with van der Waals surface area (Å²) in [6, 6.07) is 16.8. The molecule has 2 atom stereocenters. The molecule has 0 radical (unpaired) electrons.